The monoisotopic (exact) mass is 261 g/mol. The summed E-state index contributed by atoms with van der Waals surface area (Å²) < 4.78 is 5.48. The van der Waals surface area contributed by atoms with Crippen LogP contribution in [0.15, 0.2) is 30.9 Å². The normalized spacial score (nSPS) is 22.1. The van der Waals surface area contributed by atoms with Gasteiger partial charge < -0.3 is 9.84 Å². The number of hydrogen-bond acceptors (Lipinski definition) is 3. The highest BCUT2D eigenvalue weighted by Gasteiger charge is 2.33. The highest BCUT2D eigenvalue weighted by Crippen LogP contribution is 2.39. The Labute approximate surface area is 115 Å². The average Bonchev–Trinajstić information content (AvgIpc) is 2.45. The lowest BCUT2D eigenvalue weighted by molar-refractivity contribution is 0.150. The Bertz CT molecular complexity index is 430. The molecule has 0 heterocycles. The number of likely N-dealkylation sites (N-methyl/N-ethyl adjacent to an activating group) is 1. The van der Waals surface area contributed by atoms with Crippen molar-refractivity contribution in [2.24, 2.45) is 0 Å². The van der Waals surface area contributed by atoms with Crippen LogP contribution < -0.4 is 4.74 Å². The maximum absolute atomic E-state index is 9.84. The van der Waals surface area contributed by atoms with Gasteiger partial charge in [-0.15, -0.1) is 6.58 Å². The number of rotatable bonds is 5. The van der Waals surface area contributed by atoms with E-state index in [1.54, 1.807) is 7.11 Å². The minimum Gasteiger partial charge on any atom is -0.496 e. The number of nitrogens with zero attached hydrogens (tertiary/aromatic N) is 1. The zero-order chi connectivity index (χ0) is 13.8. The average molecular weight is 261 g/mol. The number of aryl methyl sites for hydroxylation is 1. The first-order valence-corrected chi connectivity index (χ1v) is 6.80. The van der Waals surface area contributed by atoms with Crippen molar-refractivity contribution in [1.29, 1.82) is 0 Å². The number of benzene rings is 1. The molecular formula is C16H23NO2. The Morgan fingerprint density at radius 1 is 1.53 bits per heavy atom. The molecule has 1 aromatic carbocycles. The molecule has 0 aliphatic heterocycles. The molecule has 1 aliphatic carbocycles. The summed E-state index contributed by atoms with van der Waals surface area (Å²) in [5, 5.41) is 9.84. The van der Waals surface area contributed by atoms with Crippen molar-refractivity contribution in [2.45, 2.75) is 24.8 Å². The third-order valence-corrected chi connectivity index (χ3v) is 4.10. The summed E-state index contributed by atoms with van der Waals surface area (Å²) in [5.41, 5.74) is 2.49. The van der Waals surface area contributed by atoms with Gasteiger partial charge in [0.25, 0.3) is 0 Å². The molecule has 0 bridgehead atoms. The van der Waals surface area contributed by atoms with Crippen molar-refractivity contribution >= 4 is 0 Å². The summed E-state index contributed by atoms with van der Waals surface area (Å²) in [6.07, 6.45) is 4.01. The number of aliphatic hydroxyl groups excluding tert-OH is 1. The van der Waals surface area contributed by atoms with Crippen LogP contribution in [0.4, 0.5) is 0 Å². The number of hydrogen-bond donors (Lipinski definition) is 1. The molecule has 0 radical (unpaired) electrons. The molecule has 0 saturated carbocycles. The van der Waals surface area contributed by atoms with E-state index in [0.29, 0.717) is 6.04 Å². The van der Waals surface area contributed by atoms with Gasteiger partial charge in [-0.1, -0.05) is 18.2 Å². The number of aliphatic hydroxyl groups is 1. The quantitative estimate of drug-likeness (QED) is 0.825. The van der Waals surface area contributed by atoms with E-state index in [1.165, 1.54) is 11.1 Å². The van der Waals surface area contributed by atoms with Crippen molar-refractivity contribution in [2.75, 3.05) is 27.3 Å². The fourth-order valence-electron chi connectivity index (χ4n) is 3.18. The molecule has 3 heteroatoms. The Morgan fingerprint density at radius 3 is 2.95 bits per heavy atom. The Morgan fingerprint density at radius 2 is 2.32 bits per heavy atom. The van der Waals surface area contributed by atoms with Gasteiger partial charge in [0.05, 0.1) is 13.7 Å². The summed E-state index contributed by atoms with van der Waals surface area (Å²) in [5.74, 6) is 1.01. The third kappa shape index (κ3) is 2.67. The van der Waals surface area contributed by atoms with Crippen molar-refractivity contribution in [3.63, 3.8) is 0 Å². The number of fused-ring (bicyclic) bond motifs is 1. The molecule has 2 atom stereocenters. The zero-order valence-corrected chi connectivity index (χ0v) is 11.8. The van der Waals surface area contributed by atoms with Gasteiger partial charge in [0.15, 0.2) is 0 Å². The lowest BCUT2D eigenvalue weighted by Crippen LogP contribution is -2.41. The van der Waals surface area contributed by atoms with Crippen LogP contribution in [0.2, 0.25) is 0 Å². The van der Waals surface area contributed by atoms with Crippen LogP contribution in [-0.2, 0) is 6.42 Å². The van der Waals surface area contributed by atoms with Gasteiger partial charge in [0.2, 0.25) is 0 Å². The van der Waals surface area contributed by atoms with Crippen molar-refractivity contribution in [3.8, 4) is 5.75 Å². The smallest absolute Gasteiger partial charge is 0.122 e. The lowest BCUT2D eigenvalue weighted by Gasteiger charge is -2.38. The topological polar surface area (TPSA) is 32.7 Å². The van der Waals surface area contributed by atoms with Gasteiger partial charge >= 0.3 is 0 Å². The minimum absolute atomic E-state index is 0.116. The first-order chi connectivity index (χ1) is 9.22. The summed E-state index contributed by atoms with van der Waals surface area (Å²) in [6.45, 7) is 4.79. The van der Waals surface area contributed by atoms with Gasteiger partial charge in [0.1, 0.15) is 5.75 Å². The summed E-state index contributed by atoms with van der Waals surface area (Å²) in [7, 11) is 3.79. The molecule has 1 N–H and O–H groups in total. The van der Waals surface area contributed by atoms with Crippen LogP contribution in [0.3, 0.4) is 0 Å². The van der Waals surface area contributed by atoms with Crippen LogP contribution in [-0.4, -0.2) is 43.4 Å². The van der Waals surface area contributed by atoms with E-state index in [-0.39, 0.29) is 12.5 Å². The SMILES string of the molecule is C=CCN(C)[C@@H]1CCc2cccc(OC)c2[C@@H]1CO. The molecule has 0 saturated heterocycles. The largest absolute Gasteiger partial charge is 0.496 e. The molecular weight excluding hydrogens is 238 g/mol. The molecule has 0 amide bonds. The van der Waals surface area contributed by atoms with Crippen LogP contribution >= 0.6 is 0 Å². The Kier molecular flexibility index (Phi) is 4.61. The van der Waals surface area contributed by atoms with E-state index >= 15 is 0 Å². The minimum atomic E-state index is 0.116. The molecule has 19 heavy (non-hydrogen) atoms. The van der Waals surface area contributed by atoms with E-state index < -0.39 is 0 Å². The highest BCUT2D eigenvalue weighted by atomic mass is 16.5. The van der Waals surface area contributed by atoms with E-state index in [2.05, 4.69) is 24.6 Å². The van der Waals surface area contributed by atoms with Crippen LogP contribution in [0.5, 0.6) is 5.75 Å². The molecule has 0 aromatic heterocycles. The van der Waals surface area contributed by atoms with Gasteiger partial charge in [0, 0.05) is 24.1 Å². The Balaban J connectivity index is 2.37. The summed E-state index contributed by atoms with van der Waals surface area (Å²) in [6, 6.07) is 6.49. The highest BCUT2D eigenvalue weighted by molar-refractivity contribution is 5.45. The van der Waals surface area contributed by atoms with Gasteiger partial charge in [-0.05, 0) is 31.5 Å². The number of ether oxygens (including phenoxy) is 1. The van der Waals surface area contributed by atoms with Crippen molar-refractivity contribution < 1.29 is 9.84 Å². The summed E-state index contributed by atoms with van der Waals surface area (Å²) >= 11 is 0. The first-order valence-electron chi connectivity index (χ1n) is 6.80. The van der Waals surface area contributed by atoms with Gasteiger partial charge in [-0.2, -0.15) is 0 Å². The van der Waals surface area contributed by atoms with Crippen LogP contribution in [0.25, 0.3) is 0 Å². The summed E-state index contributed by atoms with van der Waals surface area (Å²) in [4.78, 5) is 2.27. The predicted molar refractivity (Wildman–Crippen MR) is 77.8 cm³/mol. The van der Waals surface area contributed by atoms with Crippen LogP contribution in [0.1, 0.15) is 23.5 Å². The second-order valence-corrected chi connectivity index (χ2v) is 5.16. The fraction of sp³-hybridized carbons (Fsp3) is 0.500. The van der Waals surface area contributed by atoms with E-state index in [1.807, 2.05) is 18.2 Å². The maximum atomic E-state index is 9.84. The molecule has 2 rings (SSSR count). The lowest BCUT2D eigenvalue weighted by atomic mass is 9.78. The van der Waals surface area contributed by atoms with Gasteiger partial charge in [-0.3, -0.25) is 4.90 Å². The van der Waals surface area contributed by atoms with Crippen molar-refractivity contribution in [1.82, 2.24) is 4.90 Å². The molecule has 0 fully saturated rings. The van der Waals surface area contributed by atoms with E-state index in [9.17, 15) is 5.11 Å². The molecule has 3 nitrogen and oxygen atoms in total. The molecule has 1 aromatic rings. The fourth-order valence-corrected chi connectivity index (χ4v) is 3.18. The second-order valence-electron chi connectivity index (χ2n) is 5.16. The third-order valence-electron chi connectivity index (χ3n) is 4.10. The maximum Gasteiger partial charge on any atom is 0.122 e. The standard InChI is InChI=1S/C16H23NO2/c1-4-10-17(2)14-9-8-12-6-5-7-15(19-3)16(12)13(14)11-18/h4-7,13-14,18H,1,8-11H2,2-3H3/t13-,14-/m1/s1. The Hall–Kier alpha value is -1.32. The van der Waals surface area contributed by atoms with E-state index in [4.69, 9.17) is 4.74 Å². The molecule has 1 aliphatic rings. The van der Waals surface area contributed by atoms with Crippen LogP contribution in [0, 0.1) is 0 Å². The number of methoxy groups -OCH3 is 1. The molecule has 104 valence electrons. The molecule has 0 unspecified atom stereocenters. The molecule has 0 spiro atoms. The van der Waals surface area contributed by atoms with Crippen molar-refractivity contribution in [3.05, 3.63) is 42.0 Å². The second kappa shape index (κ2) is 6.22. The van der Waals surface area contributed by atoms with E-state index in [0.717, 1.165) is 25.1 Å². The first kappa shape index (κ1) is 14.1. The van der Waals surface area contributed by atoms with Gasteiger partial charge in [-0.25, -0.2) is 0 Å². The predicted octanol–water partition coefficient (Wildman–Crippen LogP) is 2.20. The zero-order valence-electron chi connectivity index (χ0n) is 11.8.